The van der Waals surface area contributed by atoms with Gasteiger partial charge in [-0.2, -0.15) is 0 Å². The van der Waals surface area contributed by atoms with Gasteiger partial charge in [-0.1, -0.05) is 29.8 Å². The molecule has 1 N–H and O–H groups in total. The Morgan fingerprint density at radius 3 is 2.57 bits per heavy atom. The number of carboxylic acids is 1. The number of aryl methyl sites for hydroxylation is 1. The minimum Gasteiger partial charge on any atom is -0.480 e. The van der Waals surface area contributed by atoms with Crippen molar-refractivity contribution in [1.29, 1.82) is 0 Å². The minimum atomic E-state index is -3.68. The zero-order chi connectivity index (χ0) is 21.5. The number of hydrogen-bond donors (Lipinski definition) is 1. The molecule has 0 aliphatic rings. The molecule has 0 saturated carbocycles. The predicted molar refractivity (Wildman–Crippen MR) is 116 cm³/mol. The lowest BCUT2D eigenvalue weighted by Gasteiger charge is -2.07. The lowest BCUT2D eigenvalue weighted by molar-refractivity contribution is -0.137. The highest BCUT2D eigenvalue weighted by Gasteiger charge is 2.26. The second kappa shape index (κ2) is 7.70. The summed E-state index contributed by atoms with van der Waals surface area (Å²) in [7, 11) is -3.68. The molecular formula is C22H20N2O4S2. The van der Waals surface area contributed by atoms with Gasteiger partial charge in [0.15, 0.2) is 0 Å². The average molecular weight is 441 g/mol. The summed E-state index contributed by atoms with van der Waals surface area (Å²) in [5, 5.41) is 10.3. The zero-order valence-electron chi connectivity index (χ0n) is 16.5. The van der Waals surface area contributed by atoms with Crippen LogP contribution in [-0.2, 0) is 27.6 Å². The van der Waals surface area contributed by atoms with E-state index in [9.17, 15) is 18.3 Å². The molecule has 0 aliphatic heterocycles. The van der Waals surface area contributed by atoms with E-state index in [1.165, 1.54) is 0 Å². The molecule has 2 aromatic carbocycles. The molecule has 6 nitrogen and oxygen atoms in total. The van der Waals surface area contributed by atoms with E-state index in [1.54, 1.807) is 40.4 Å². The van der Waals surface area contributed by atoms with Gasteiger partial charge in [0.1, 0.15) is 10.8 Å². The van der Waals surface area contributed by atoms with Crippen molar-refractivity contribution in [3.63, 3.8) is 0 Å². The van der Waals surface area contributed by atoms with E-state index in [0.29, 0.717) is 12.1 Å². The van der Waals surface area contributed by atoms with Gasteiger partial charge in [-0.3, -0.25) is 4.79 Å². The Labute approximate surface area is 178 Å². The Hall–Kier alpha value is -2.97. The van der Waals surface area contributed by atoms with Crippen LogP contribution in [0.2, 0.25) is 0 Å². The highest BCUT2D eigenvalue weighted by molar-refractivity contribution is 7.93. The standard InChI is InChI=1S/C22H20N2O4S2/c1-14-8-9-20-18(10-14)17(15(2)24(20)12-21(25)26)11-19-22(29-13-23-19)30(27,28)16-6-4-3-5-7-16/h3-10,13H,11-12H2,1-2H3,(H,25,26). The van der Waals surface area contributed by atoms with E-state index in [0.717, 1.165) is 39.1 Å². The van der Waals surface area contributed by atoms with Crippen molar-refractivity contribution in [2.24, 2.45) is 0 Å². The van der Waals surface area contributed by atoms with Crippen molar-refractivity contribution in [2.45, 2.75) is 35.9 Å². The zero-order valence-corrected chi connectivity index (χ0v) is 18.1. The van der Waals surface area contributed by atoms with Gasteiger partial charge in [0, 0.05) is 23.0 Å². The number of aromatic nitrogens is 2. The molecule has 2 aromatic heterocycles. The van der Waals surface area contributed by atoms with Crippen LogP contribution in [-0.4, -0.2) is 29.0 Å². The minimum absolute atomic E-state index is 0.155. The second-order valence-electron chi connectivity index (χ2n) is 7.14. The van der Waals surface area contributed by atoms with Crippen molar-refractivity contribution < 1.29 is 18.3 Å². The van der Waals surface area contributed by atoms with Crippen LogP contribution in [0.1, 0.15) is 22.5 Å². The predicted octanol–water partition coefficient (Wildman–Crippen LogP) is 4.22. The Balaban J connectivity index is 1.84. The summed E-state index contributed by atoms with van der Waals surface area (Å²) >= 11 is 1.10. The van der Waals surface area contributed by atoms with E-state index >= 15 is 0 Å². The monoisotopic (exact) mass is 440 g/mol. The fraction of sp³-hybridized carbons (Fsp3) is 0.182. The summed E-state index contributed by atoms with van der Waals surface area (Å²) in [5.41, 5.74) is 5.58. The molecule has 0 bridgehead atoms. The second-order valence-corrected chi connectivity index (χ2v) is 10.1. The molecule has 154 valence electrons. The van der Waals surface area contributed by atoms with E-state index in [-0.39, 0.29) is 15.6 Å². The fourth-order valence-corrected chi connectivity index (χ4v) is 6.32. The number of rotatable bonds is 6. The van der Waals surface area contributed by atoms with Crippen LogP contribution in [0, 0.1) is 13.8 Å². The summed E-state index contributed by atoms with van der Waals surface area (Å²) < 4.78 is 28.3. The molecule has 2 heterocycles. The largest absolute Gasteiger partial charge is 0.480 e. The molecule has 30 heavy (non-hydrogen) atoms. The van der Waals surface area contributed by atoms with Gasteiger partial charge < -0.3 is 9.67 Å². The van der Waals surface area contributed by atoms with Crippen molar-refractivity contribution >= 4 is 38.0 Å². The first kappa shape index (κ1) is 20.3. The Morgan fingerprint density at radius 1 is 1.13 bits per heavy atom. The molecule has 0 saturated heterocycles. The summed E-state index contributed by atoms with van der Waals surface area (Å²) in [5.74, 6) is -0.928. The van der Waals surface area contributed by atoms with Crippen LogP contribution in [0.4, 0.5) is 0 Å². The Bertz CT molecular complexity index is 1350. The summed E-state index contributed by atoms with van der Waals surface area (Å²) in [6.45, 7) is 3.68. The molecule has 0 amide bonds. The first-order chi connectivity index (χ1) is 14.3. The van der Waals surface area contributed by atoms with Crippen molar-refractivity contribution in [1.82, 2.24) is 9.55 Å². The Kier molecular flexibility index (Phi) is 5.21. The van der Waals surface area contributed by atoms with Crippen molar-refractivity contribution in [2.75, 3.05) is 0 Å². The average Bonchev–Trinajstić information content (AvgIpc) is 3.28. The summed E-state index contributed by atoms with van der Waals surface area (Å²) in [4.78, 5) is 16.0. The molecule has 0 fully saturated rings. The SMILES string of the molecule is Cc1ccc2c(c1)c(Cc1ncsc1S(=O)(=O)c1ccccc1)c(C)n2CC(=O)O. The molecule has 0 spiro atoms. The van der Waals surface area contributed by atoms with Gasteiger partial charge in [0.05, 0.1) is 16.1 Å². The highest BCUT2D eigenvalue weighted by Crippen LogP contribution is 2.33. The smallest absolute Gasteiger partial charge is 0.323 e. The van der Waals surface area contributed by atoms with Crippen LogP contribution in [0.15, 0.2) is 63.1 Å². The third-order valence-electron chi connectivity index (χ3n) is 5.15. The van der Waals surface area contributed by atoms with Gasteiger partial charge >= 0.3 is 5.97 Å². The van der Waals surface area contributed by atoms with Gasteiger partial charge in [-0.15, -0.1) is 11.3 Å². The van der Waals surface area contributed by atoms with E-state index in [1.807, 2.05) is 32.0 Å². The number of carboxylic acid groups (broad SMARTS) is 1. The highest BCUT2D eigenvalue weighted by atomic mass is 32.2. The van der Waals surface area contributed by atoms with E-state index in [2.05, 4.69) is 4.98 Å². The molecule has 8 heteroatoms. The molecule has 0 atom stereocenters. The fourth-order valence-electron chi connectivity index (χ4n) is 3.70. The summed E-state index contributed by atoms with van der Waals surface area (Å²) in [6.07, 6.45) is 0.309. The summed E-state index contributed by atoms with van der Waals surface area (Å²) in [6, 6.07) is 14.2. The topological polar surface area (TPSA) is 89.3 Å². The number of hydrogen-bond acceptors (Lipinski definition) is 5. The normalized spacial score (nSPS) is 11.8. The molecular weight excluding hydrogens is 420 g/mol. The van der Waals surface area contributed by atoms with Crippen LogP contribution in [0.3, 0.4) is 0 Å². The first-order valence-electron chi connectivity index (χ1n) is 9.31. The van der Waals surface area contributed by atoms with Crippen LogP contribution in [0.25, 0.3) is 10.9 Å². The third-order valence-corrected chi connectivity index (χ3v) is 8.37. The maximum atomic E-state index is 13.1. The number of benzene rings is 2. The number of fused-ring (bicyclic) bond motifs is 1. The molecule has 4 aromatic rings. The number of nitrogens with zero attached hydrogens (tertiary/aromatic N) is 2. The van der Waals surface area contributed by atoms with Crippen molar-refractivity contribution in [3.05, 3.63) is 76.6 Å². The third kappa shape index (κ3) is 3.53. The van der Waals surface area contributed by atoms with Crippen molar-refractivity contribution in [3.8, 4) is 0 Å². The first-order valence-corrected chi connectivity index (χ1v) is 11.7. The number of sulfone groups is 1. The molecule has 0 unspecified atom stereocenters. The quantitative estimate of drug-likeness (QED) is 0.485. The number of thiazole rings is 1. The Morgan fingerprint density at radius 2 is 1.87 bits per heavy atom. The van der Waals surface area contributed by atoms with Gasteiger partial charge in [0.2, 0.25) is 9.84 Å². The molecule has 0 aliphatic carbocycles. The van der Waals surface area contributed by atoms with Gasteiger partial charge in [0.25, 0.3) is 0 Å². The molecule has 4 rings (SSSR count). The van der Waals surface area contributed by atoms with Gasteiger partial charge in [-0.25, -0.2) is 13.4 Å². The van der Waals surface area contributed by atoms with Gasteiger partial charge in [-0.05, 0) is 43.7 Å². The molecule has 0 radical (unpaired) electrons. The maximum Gasteiger partial charge on any atom is 0.323 e. The lowest BCUT2D eigenvalue weighted by atomic mass is 10.0. The lowest BCUT2D eigenvalue weighted by Crippen LogP contribution is -2.10. The van der Waals surface area contributed by atoms with Crippen LogP contribution < -0.4 is 0 Å². The van der Waals surface area contributed by atoms with Crippen LogP contribution >= 0.6 is 11.3 Å². The van der Waals surface area contributed by atoms with E-state index in [4.69, 9.17) is 0 Å². The number of aliphatic carboxylic acids is 1. The van der Waals surface area contributed by atoms with E-state index < -0.39 is 15.8 Å². The number of carbonyl (C=O) groups is 1. The van der Waals surface area contributed by atoms with Crippen LogP contribution in [0.5, 0.6) is 0 Å². The maximum absolute atomic E-state index is 13.1.